The molecular formula is C16H19NS. The highest BCUT2D eigenvalue weighted by Gasteiger charge is 2.31. The molecule has 1 heterocycles. The highest BCUT2D eigenvalue weighted by atomic mass is 32.1. The molecule has 1 fully saturated rings. The first-order valence-electron chi connectivity index (χ1n) is 6.74. The molecule has 1 aromatic heterocycles. The minimum Gasteiger partial charge on any atom is -0.309 e. The van der Waals surface area contributed by atoms with Crippen molar-refractivity contribution in [1.82, 2.24) is 5.32 Å². The van der Waals surface area contributed by atoms with Crippen molar-refractivity contribution in [3.63, 3.8) is 0 Å². The second-order valence-electron chi connectivity index (χ2n) is 5.01. The number of nitrogens with one attached hydrogen (secondary N) is 1. The van der Waals surface area contributed by atoms with Crippen molar-refractivity contribution < 1.29 is 0 Å². The van der Waals surface area contributed by atoms with Crippen LogP contribution in [0.1, 0.15) is 29.3 Å². The molecule has 3 rings (SSSR count). The molecule has 1 aliphatic rings. The monoisotopic (exact) mass is 257 g/mol. The molecule has 1 nitrogen and oxygen atoms in total. The Hall–Kier alpha value is -1.12. The molecule has 2 aromatic rings. The number of benzene rings is 1. The zero-order valence-corrected chi connectivity index (χ0v) is 11.3. The van der Waals surface area contributed by atoms with E-state index in [1.807, 2.05) is 11.3 Å². The van der Waals surface area contributed by atoms with Crippen LogP contribution in [0.3, 0.4) is 0 Å². The highest BCUT2D eigenvalue weighted by molar-refractivity contribution is 7.09. The summed E-state index contributed by atoms with van der Waals surface area (Å²) >= 11 is 1.85. The zero-order chi connectivity index (χ0) is 12.2. The van der Waals surface area contributed by atoms with Crippen LogP contribution in [-0.2, 0) is 6.42 Å². The minimum absolute atomic E-state index is 0.561. The Morgan fingerprint density at radius 3 is 2.61 bits per heavy atom. The van der Waals surface area contributed by atoms with E-state index >= 15 is 0 Å². The smallest absolute Gasteiger partial charge is 0.0348 e. The highest BCUT2D eigenvalue weighted by Crippen LogP contribution is 2.40. The van der Waals surface area contributed by atoms with Crippen LogP contribution < -0.4 is 5.32 Å². The Morgan fingerprint density at radius 1 is 1.11 bits per heavy atom. The van der Waals surface area contributed by atoms with Gasteiger partial charge in [-0.25, -0.2) is 0 Å². The lowest BCUT2D eigenvalue weighted by molar-refractivity contribution is 0.485. The summed E-state index contributed by atoms with van der Waals surface area (Å²) in [5, 5.41) is 5.90. The molecule has 1 saturated carbocycles. The van der Waals surface area contributed by atoms with Gasteiger partial charge in [0.1, 0.15) is 0 Å². The lowest BCUT2D eigenvalue weighted by Crippen LogP contribution is -2.25. The fourth-order valence-electron chi connectivity index (χ4n) is 2.45. The quantitative estimate of drug-likeness (QED) is 0.824. The SMILES string of the molecule is c1ccc(C(NCCc2cccs2)C2CC2)cc1. The number of hydrogen-bond acceptors (Lipinski definition) is 2. The molecule has 1 aromatic carbocycles. The molecule has 1 aliphatic carbocycles. The van der Waals surface area contributed by atoms with Crippen LogP contribution in [0, 0.1) is 5.92 Å². The third-order valence-corrected chi connectivity index (χ3v) is 4.50. The summed E-state index contributed by atoms with van der Waals surface area (Å²) in [5.41, 5.74) is 1.45. The maximum Gasteiger partial charge on any atom is 0.0348 e. The third kappa shape index (κ3) is 3.01. The molecule has 18 heavy (non-hydrogen) atoms. The second-order valence-corrected chi connectivity index (χ2v) is 6.04. The van der Waals surface area contributed by atoms with Crippen LogP contribution in [-0.4, -0.2) is 6.54 Å². The van der Waals surface area contributed by atoms with Gasteiger partial charge < -0.3 is 5.32 Å². The summed E-state index contributed by atoms with van der Waals surface area (Å²) < 4.78 is 0. The van der Waals surface area contributed by atoms with Gasteiger partial charge in [0.25, 0.3) is 0 Å². The van der Waals surface area contributed by atoms with E-state index in [0.717, 1.165) is 18.9 Å². The zero-order valence-electron chi connectivity index (χ0n) is 10.5. The Labute approximate surface area is 113 Å². The molecule has 1 atom stereocenters. The predicted molar refractivity (Wildman–Crippen MR) is 77.9 cm³/mol. The van der Waals surface area contributed by atoms with Gasteiger partial charge >= 0.3 is 0 Å². The fourth-order valence-corrected chi connectivity index (χ4v) is 3.16. The van der Waals surface area contributed by atoms with Crippen LogP contribution in [0.2, 0.25) is 0 Å². The van der Waals surface area contributed by atoms with E-state index in [2.05, 4.69) is 53.2 Å². The molecule has 2 heteroatoms. The molecule has 0 aliphatic heterocycles. The largest absolute Gasteiger partial charge is 0.309 e. The Morgan fingerprint density at radius 2 is 1.94 bits per heavy atom. The molecule has 0 saturated heterocycles. The molecule has 0 amide bonds. The molecule has 0 spiro atoms. The number of thiophene rings is 1. The third-order valence-electron chi connectivity index (χ3n) is 3.57. The standard InChI is InChI=1S/C16H19NS/c1-2-5-13(6-3-1)16(14-8-9-14)17-11-10-15-7-4-12-18-15/h1-7,12,14,16-17H,8-11H2. The van der Waals surface area contributed by atoms with Crippen molar-refractivity contribution in [3.8, 4) is 0 Å². The van der Waals surface area contributed by atoms with Crippen molar-refractivity contribution in [2.75, 3.05) is 6.54 Å². The lowest BCUT2D eigenvalue weighted by Gasteiger charge is -2.18. The normalized spacial score (nSPS) is 16.7. The van der Waals surface area contributed by atoms with Gasteiger partial charge in [0, 0.05) is 17.5 Å². The number of rotatable bonds is 6. The van der Waals surface area contributed by atoms with Crippen molar-refractivity contribution in [2.24, 2.45) is 5.92 Å². The van der Waals surface area contributed by atoms with Gasteiger partial charge in [0.05, 0.1) is 0 Å². The second kappa shape index (κ2) is 5.68. The van der Waals surface area contributed by atoms with Gasteiger partial charge in [0.15, 0.2) is 0 Å². The molecule has 0 bridgehead atoms. The van der Waals surface area contributed by atoms with Gasteiger partial charge in [-0.15, -0.1) is 11.3 Å². The van der Waals surface area contributed by atoms with E-state index in [1.165, 1.54) is 23.3 Å². The maximum absolute atomic E-state index is 3.74. The average Bonchev–Trinajstić information content (AvgIpc) is 3.12. The summed E-state index contributed by atoms with van der Waals surface area (Å²) in [6.45, 7) is 1.08. The van der Waals surface area contributed by atoms with Crippen LogP contribution in [0.25, 0.3) is 0 Å². The predicted octanol–water partition coefficient (Wildman–Crippen LogP) is 4.03. The Bertz CT molecular complexity index is 459. The van der Waals surface area contributed by atoms with Gasteiger partial charge in [-0.05, 0) is 42.2 Å². The van der Waals surface area contributed by atoms with Gasteiger partial charge in [-0.1, -0.05) is 36.4 Å². The van der Waals surface area contributed by atoms with E-state index < -0.39 is 0 Å². The Kier molecular flexibility index (Phi) is 3.77. The minimum atomic E-state index is 0.561. The lowest BCUT2D eigenvalue weighted by atomic mass is 10.0. The van der Waals surface area contributed by atoms with Gasteiger partial charge in [0.2, 0.25) is 0 Å². The van der Waals surface area contributed by atoms with Gasteiger partial charge in [-0.3, -0.25) is 0 Å². The first kappa shape index (κ1) is 11.9. The van der Waals surface area contributed by atoms with E-state index in [1.54, 1.807) is 0 Å². The van der Waals surface area contributed by atoms with E-state index in [9.17, 15) is 0 Å². The first-order chi connectivity index (χ1) is 8.93. The average molecular weight is 257 g/mol. The fraction of sp³-hybridized carbons (Fsp3) is 0.375. The van der Waals surface area contributed by atoms with Gasteiger partial charge in [-0.2, -0.15) is 0 Å². The van der Waals surface area contributed by atoms with E-state index in [4.69, 9.17) is 0 Å². The van der Waals surface area contributed by atoms with Crippen LogP contribution in [0.4, 0.5) is 0 Å². The molecular weight excluding hydrogens is 238 g/mol. The molecule has 1 unspecified atom stereocenters. The van der Waals surface area contributed by atoms with Crippen molar-refractivity contribution in [3.05, 3.63) is 58.3 Å². The van der Waals surface area contributed by atoms with E-state index in [0.29, 0.717) is 6.04 Å². The van der Waals surface area contributed by atoms with E-state index in [-0.39, 0.29) is 0 Å². The van der Waals surface area contributed by atoms with Crippen molar-refractivity contribution in [2.45, 2.75) is 25.3 Å². The summed E-state index contributed by atoms with van der Waals surface area (Å²) in [7, 11) is 0. The molecule has 94 valence electrons. The van der Waals surface area contributed by atoms with Crippen molar-refractivity contribution in [1.29, 1.82) is 0 Å². The Balaban J connectivity index is 1.58. The topological polar surface area (TPSA) is 12.0 Å². The molecule has 1 N–H and O–H groups in total. The van der Waals surface area contributed by atoms with Crippen molar-refractivity contribution >= 4 is 11.3 Å². The van der Waals surface area contributed by atoms with Crippen LogP contribution >= 0.6 is 11.3 Å². The summed E-state index contributed by atoms with van der Waals surface area (Å²) in [4.78, 5) is 1.48. The maximum atomic E-state index is 3.74. The first-order valence-corrected chi connectivity index (χ1v) is 7.62. The summed E-state index contributed by atoms with van der Waals surface area (Å²) in [6.07, 6.45) is 3.91. The molecule has 0 radical (unpaired) electrons. The number of hydrogen-bond donors (Lipinski definition) is 1. The van der Waals surface area contributed by atoms with Crippen LogP contribution in [0.15, 0.2) is 47.8 Å². The summed E-state index contributed by atoms with van der Waals surface area (Å²) in [6, 6.07) is 15.8. The van der Waals surface area contributed by atoms with Crippen LogP contribution in [0.5, 0.6) is 0 Å². The summed E-state index contributed by atoms with van der Waals surface area (Å²) in [5.74, 6) is 0.857.